The van der Waals surface area contributed by atoms with Crippen LogP contribution in [0, 0.1) is 11.3 Å². The van der Waals surface area contributed by atoms with Gasteiger partial charge in [-0.25, -0.2) is 4.98 Å². The zero-order chi connectivity index (χ0) is 22.9. The second-order valence-corrected chi connectivity index (χ2v) is 8.84. The van der Waals surface area contributed by atoms with Crippen molar-refractivity contribution < 1.29 is 4.74 Å². The number of nitriles is 1. The van der Waals surface area contributed by atoms with Gasteiger partial charge in [0.2, 0.25) is 5.88 Å². The molecule has 1 fully saturated rings. The number of aromatic nitrogens is 2. The summed E-state index contributed by atoms with van der Waals surface area (Å²) in [5.74, 6) is 0.946. The monoisotopic (exact) mass is 437 g/mol. The van der Waals surface area contributed by atoms with Crippen LogP contribution in [0.3, 0.4) is 0 Å². The molecule has 0 amide bonds. The van der Waals surface area contributed by atoms with E-state index in [1.807, 2.05) is 18.2 Å². The van der Waals surface area contributed by atoms with E-state index in [-0.39, 0.29) is 0 Å². The van der Waals surface area contributed by atoms with Crippen molar-refractivity contribution in [2.24, 2.45) is 0 Å². The Labute approximate surface area is 193 Å². The van der Waals surface area contributed by atoms with Gasteiger partial charge in [-0.3, -0.25) is 0 Å². The van der Waals surface area contributed by atoms with E-state index in [0.717, 1.165) is 46.4 Å². The Morgan fingerprint density at radius 2 is 1.94 bits per heavy atom. The van der Waals surface area contributed by atoms with Crippen LogP contribution in [0.2, 0.25) is 0 Å². The van der Waals surface area contributed by atoms with E-state index in [2.05, 4.69) is 59.1 Å². The van der Waals surface area contributed by atoms with Gasteiger partial charge in [0.15, 0.2) is 0 Å². The molecule has 4 aromatic rings. The number of pyridine rings is 1. The molecule has 0 radical (unpaired) electrons. The number of ether oxygens (including phenoxy) is 1. The van der Waals surface area contributed by atoms with Crippen molar-refractivity contribution in [2.75, 3.05) is 11.1 Å². The lowest BCUT2D eigenvalue weighted by atomic mass is 9.92. The van der Waals surface area contributed by atoms with Gasteiger partial charge in [-0.2, -0.15) is 5.26 Å². The van der Waals surface area contributed by atoms with Gasteiger partial charge in [0.05, 0.1) is 16.9 Å². The number of fused-ring (bicyclic) bond motifs is 1. The van der Waals surface area contributed by atoms with E-state index in [4.69, 9.17) is 10.5 Å². The molecule has 0 saturated heterocycles. The van der Waals surface area contributed by atoms with Crippen LogP contribution in [0.25, 0.3) is 22.2 Å². The fraction of sp³-hybridized carbons (Fsp3) is 0.259. The van der Waals surface area contributed by atoms with Gasteiger partial charge in [-0.1, -0.05) is 12.1 Å². The summed E-state index contributed by atoms with van der Waals surface area (Å²) < 4.78 is 8.38. The van der Waals surface area contributed by atoms with Crippen molar-refractivity contribution in [2.45, 2.75) is 45.2 Å². The molecule has 33 heavy (non-hydrogen) atoms. The largest absolute Gasteiger partial charge is 0.438 e. The average molecular weight is 438 g/mol. The second kappa shape index (κ2) is 8.51. The van der Waals surface area contributed by atoms with Gasteiger partial charge in [-0.05, 0) is 69.5 Å². The molecule has 166 valence electrons. The van der Waals surface area contributed by atoms with Gasteiger partial charge < -0.3 is 20.4 Å². The predicted molar refractivity (Wildman–Crippen MR) is 132 cm³/mol. The molecule has 0 atom stereocenters. The SMILES string of the molecule is CC(C)Nc1ccc(-c2c(N)c3ccc(Oc4ncccc4C#N)cc3n2C2CCC2)cc1. The molecule has 0 spiro atoms. The number of hydrogen-bond donors (Lipinski definition) is 2. The van der Waals surface area contributed by atoms with E-state index in [1.54, 1.807) is 18.3 Å². The van der Waals surface area contributed by atoms with Crippen LogP contribution in [-0.4, -0.2) is 15.6 Å². The van der Waals surface area contributed by atoms with Crippen LogP contribution in [0.1, 0.15) is 44.7 Å². The maximum atomic E-state index is 9.36. The highest BCUT2D eigenvalue weighted by Gasteiger charge is 2.27. The van der Waals surface area contributed by atoms with Crippen molar-refractivity contribution >= 4 is 22.3 Å². The number of nitrogens with two attached hydrogens (primary N) is 1. The van der Waals surface area contributed by atoms with Gasteiger partial charge in [0.25, 0.3) is 0 Å². The van der Waals surface area contributed by atoms with Crippen LogP contribution >= 0.6 is 0 Å². The van der Waals surface area contributed by atoms with Crippen molar-refractivity contribution in [3.8, 4) is 29.0 Å². The average Bonchev–Trinajstić information content (AvgIpc) is 3.05. The first-order valence-electron chi connectivity index (χ1n) is 11.4. The van der Waals surface area contributed by atoms with E-state index in [0.29, 0.717) is 29.3 Å². The third-order valence-electron chi connectivity index (χ3n) is 6.17. The van der Waals surface area contributed by atoms with Crippen LogP contribution in [0.4, 0.5) is 11.4 Å². The predicted octanol–water partition coefficient (Wildman–Crippen LogP) is 6.49. The summed E-state index contributed by atoms with van der Waals surface area (Å²) in [7, 11) is 0. The number of nitrogens with zero attached hydrogens (tertiary/aromatic N) is 3. The quantitative estimate of drug-likeness (QED) is 0.360. The van der Waals surface area contributed by atoms with Gasteiger partial charge in [0, 0.05) is 41.0 Å². The minimum atomic E-state index is 0.308. The van der Waals surface area contributed by atoms with Crippen molar-refractivity contribution in [1.82, 2.24) is 9.55 Å². The molecule has 6 nitrogen and oxygen atoms in total. The standard InChI is InChI=1S/C27H27N5O/c1-17(2)31-20-10-8-18(9-11-20)26-25(29)23-13-12-22(15-24(23)32(26)21-6-3-7-21)33-27-19(16-28)5-4-14-30-27/h4-5,8-15,17,21,31H,3,6-7,29H2,1-2H3. The highest BCUT2D eigenvalue weighted by molar-refractivity contribution is 6.01. The summed E-state index contributed by atoms with van der Waals surface area (Å²) in [6, 6.07) is 20.7. The first-order chi connectivity index (χ1) is 16.0. The zero-order valence-electron chi connectivity index (χ0n) is 18.9. The number of anilines is 2. The van der Waals surface area contributed by atoms with E-state index < -0.39 is 0 Å². The molecule has 2 heterocycles. The first kappa shape index (κ1) is 20.9. The second-order valence-electron chi connectivity index (χ2n) is 8.84. The minimum Gasteiger partial charge on any atom is -0.438 e. The van der Waals surface area contributed by atoms with E-state index in [1.165, 1.54) is 6.42 Å². The van der Waals surface area contributed by atoms with Gasteiger partial charge in [-0.15, -0.1) is 0 Å². The summed E-state index contributed by atoms with van der Waals surface area (Å²) in [5.41, 5.74) is 12.2. The van der Waals surface area contributed by atoms with E-state index in [9.17, 15) is 5.26 Å². The highest BCUT2D eigenvalue weighted by atomic mass is 16.5. The molecule has 6 heteroatoms. The maximum absolute atomic E-state index is 9.36. The van der Waals surface area contributed by atoms with Gasteiger partial charge >= 0.3 is 0 Å². The van der Waals surface area contributed by atoms with Crippen LogP contribution < -0.4 is 15.8 Å². The summed E-state index contributed by atoms with van der Waals surface area (Å²) >= 11 is 0. The molecule has 1 aliphatic carbocycles. The summed E-state index contributed by atoms with van der Waals surface area (Å²) in [5, 5.41) is 13.8. The minimum absolute atomic E-state index is 0.308. The Morgan fingerprint density at radius 3 is 2.61 bits per heavy atom. The molecule has 1 aliphatic rings. The molecule has 3 N–H and O–H groups in total. The zero-order valence-corrected chi connectivity index (χ0v) is 18.9. The molecule has 2 aromatic carbocycles. The molecule has 0 unspecified atom stereocenters. The lowest BCUT2D eigenvalue weighted by Gasteiger charge is -2.30. The van der Waals surface area contributed by atoms with Crippen molar-refractivity contribution in [3.63, 3.8) is 0 Å². The Hall–Kier alpha value is -3.98. The topological polar surface area (TPSA) is 88.9 Å². The lowest BCUT2D eigenvalue weighted by molar-refractivity contribution is 0.324. The summed E-state index contributed by atoms with van der Waals surface area (Å²) in [6.07, 6.45) is 5.11. The Balaban J connectivity index is 1.60. The maximum Gasteiger partial charge on any atom is 0.237 e. The number of rotatable bonds is 6. The molecule has 2 aromatic heterocycles. The first-order valence-corrected chi connectivity index (χ1v) is 11.4. The molecule has 0 bridgehead atoms. The van der Waals surface area contributed by atoms with Crippen LogP contribution in [0.15, 0.2) is 60.8 Å². The smallest absolute Gasteiger partial charge is 0.237 e. The third-order valence-corrected chi connectivity index (χ3v) is 6.17. The van der Waals surface area contributed by atoms with Gasteiger partial charge in [0.1, 0.15) is 17.4 Å². The highest BCUT2D eigenvalue weighted by Crippen LogP contribution is 2.45. The number of nitrogen functional groups attached to an aromatic ring is 1. The Bertz CT molecular complexity index is 1340. The number of benzene rings is 2. The molecule has 1 saturated carbocycles. The third kappa shape index (κ3) is 3.87. The Morgan fingerprint density at radius 1 is 1.15 bits per heavy atom. The van der Waals surface area contributed by atoms with Crippen molar-refractivity contribution in [1.29, 1.82) is 5.26 Å². The van der Waals surface area contributed by atoms with Crippen molar-refractivity contribution in [3.05, 3.63) is 66.4 Å². The molecular weight excluding hydrogens is 410 g/mol. The van der Waals surface area contributed by atoms with Crippen LogP contribution in [0.5, 0.6) is 11.6 Å². The van der Waals surface area contributed by atoms with Crippen LogP contribution in [-0.2, 0) is 0 Å². The fourth-order valence-electron chi connectivity index (χ4n) is 4.43. The number of nitrogens with one attached hydrogen (secondary N) is 1. The normalized spacial score (nSPS) is 13.6. The number of hydrogen-bond acceptors (Lipinski definition) is 5. The van der Waals surface area contributed by atoms with E-state index >= 15 is 0 Å². The summed E-state index contributed by atoms with van der Waals surface area (Å²) in [4.78, 5) is 4.23. The lowest BCUT2D eigenvalue weighted by Crippen LogP contribution is -2.18. The fourth-order valence-corrected chi connectivity index (χ4v) is 4.43. The Kier molecular flexibility index (Phi) is 5.39. The molecule has 0 aliphatic heterocycles. The molecule has 5 rings (SSSR count). The summed E-state index contributed by atoms with van der Waals surface area (Å²) in [6.45, 7) is 4.26. The molecular formula is C27H27N5O.